The van der Waals surface area contributed by atoms with Crippen molar-refractivity contribution >= 4 is 0 Å². The van der Waals surface area contributed by atoms with E-state index in [4.69, 9.17) is 14.2 Å². The van der Waals surface area contributed by atoms with Gasteiger partial charge in [-0.15, -0.1) is 0 Å². The van der Waals surface area contributed by atoms with E-state index in [9.17, 15) is 5.11 Å². The van der Waals surface area contributed by atoms with E-state index in [1.807, 2.05) is 24.3 Å². The van der Waals surface area contributed by atoms with Gasteiger partial charge < -0.3 is 24.6 Å². The van der Waals surface area contributed by atoms with Crippen molar-refractivity contribution in [2.24, 2.45) is 0 Å². The molecule has 0 aliphatic carbocycles. The topological polar surface area (TPSA) is 60.0 Å². The lowest BCUT2D eigenvalue weighted by Crippen LogP contribution is -2.47. The SMILES string of the molecule is COc1ccc(OCC(O)CNC2(C)CCOC2)cc1. The number of methoxy groups -OCH3 is 1. The molecule has 112 valence electrons. The molecule has 1 aromatic carbocycles. The smallest absolute Gasteiger partial charge is 0.119 e. The molecule has 1 saturated heterocycles. The minimum atomic E-state index is -0.547. The van der Waals surface area contributed by atoms with Crippen LogP contribution in [0.2, 0.25) is 0 Å². The van der Waals surface area contributed by atoms with E-state index >= 15 is 0 Å². The summed E-state index contributed by atoms with van der Waals surface area (Å²) in [4.78, 5) is 0. The maximum atomic E-state index is 9.93. The molecule has 20 heavy (non-hydrogen) atoms. The molecule has 1 heterocycles. The van der Waals surface area contributed by atoms with Gasteiger partial charge in [-0.1, -0.05) is 0 Å². The van der Waals surface area contributed by atoms with Crippen molar-refractivity contribution in [2.45, 2.75) is 25.0 Å². The third-order valence-electron chi connectivity index (χ3n) is 3.49. The summed E-state index contributed by atoms with van der Waals surface area (Å²) in [7, 11) is 1.62. The van der Waals surface area contributed by atoms with E-state index in [1.54, 1.807) is 7.11 Å². The predicted molar refractivity (Wildman–Crippen MR) is 76.3 cm³/mol. The average molecular weight is 281 g/mol. The van der Waals surface area contributed by atoms with Crippen LogP contribution in [0.5, 0.6) is 11.5 Å². The lowest BCUT2D eigenvalue weighted by molar-refractivity contribution is 0.0944. The Labute approximate surface area is 119 Å². The maximum absolute atomic E-state index is 9.93. The van der Waals surface area contributed by atoms with E-state index in [1.165, 1.54) is 0 Å². The molecule has 1 aromatic rings. The number of hydrogen-bond acceptors (Lipinski definition) is 5. The summed E-state index contributed by atoms with van der Waals surface area (Å²) in [6.07, 6.45) is 0.425. The van der Waals surface area contributed by atoms with Crippen LogP contribution >= 0.6 is 0 Å². The fourth-order valence-corrected chi connectivity index (χ4v) is 2.09. The van der Waals surface area contributed by atoms with Gasteiger partial charge in [0.05, 0.1) is 13.7 Å². The van der Waals surface area contributed by atoms with Gasteiger partial charge in [-0.25, -0.2) is 0 Å². The zero-order valence-corrected chi connectivity index (χ0v) is 12.1. The minimum absolute atomic E-state index is 0.0267. The Kier molecular flexibility index (Phi) is 5.23. The van der Waals surface area contributed by atoms with Crippen LogP contribution in [0.25, 0.3) is 0 Å². The summed E-state index contributed by atoms with van der Waals surface area (Å²) in [5.74, 6) is 1.51. The highest BCUT2D eigenvalue weighted by molar-refractivity contribution is 5.31. The van der Waals surface area contributed by atoms with Crippen molar-refractivity contribution in [2.75, 3.05) is 33.5 Å². The van der Waals surface area contributed by atoms with Gasteiger partial charge in [-0.05, 0) is 37.6 Å². The zero-order chi connectivity index (χ0) is 14.4. The predicted octanol–water partition coefficient (Wildman–Crippen LogP) is 1.20. The molecule has 0 bridgehead atoms. The van der Waals surface area contributed by atoms with Gasteiger partial charge in [0.1, 0.15) is 24.2 Å². The normalized spacial score (nSPS) is 23.6. The first-order chi connectivity index (χ1) is 9.61. The Morgan fingerprint density at radius 2 is 2.05 bits per heavy atom. The highest BCUT2D eigenvalue weighted by Gasteiger charge is 2.29. The molecule has 2 rings (SSSR count). The van der Waals surface area contributed by atoms with E-state index in [-0.39, 0.29) is 12.1 Å². The third kappa shape index (κ3) is 4.37. The number of nitrogens with one attached hydrogen (secondary N) is 1. The second kappa shape index (κ2) is 6.92. The van der Waals surface area contributed by atoms with Crippen molar-refractivity contribution in [3.63, 3.8) is 0 Å². The van der Waals surface area contributed by atoms with Crippen molar-refractivity contribution in [1.82, 2.24) is 5.32 Å². The van der Waals surface area contributed by atoms with Crippen LogP contribution in [0.4, 0.5) is 0 Å². The molecule has 5 nitrogen and oxygen atoms in total. The van der Waals surface area contributed by atoms with Crippen LogP contribution < -0.4 is 14.8 Å². The number of ether oxygens (including phenoxy) is 3. The largest absolute Gasteiger partial charge is 0.497 e. The first-order valence-corrected chi connectivity index (χ1v) is 6.89. The van der Waals surface area contributed by atoms with Crippen LogP contribution in [-0.2, 0) is 4.74 Å². The second-order valence-corrected chi connectivity index (χ2v) is 5.38. The fourth-order valence-electron chi connectivity index (χ4n) is 2.09. The number of benzene rings is 1. The number of β-amino-alcohol motifs (C(OH)–C–C–N with tert-alkyl or cyclic N) is 1. The standard InChI is InChI=1S/C15H23NO4/c1-15(7-8-19-11-15)16-9-12(17)10-20-14-5-3-13(18-2)4-6-14/h3-6,12,16-17H,7-11H2,1-2H3. The Bertz CT molecular complexity index is 401. The van der Waals surface area contributed by atoms with Gasteiger partial charge in [0, 0.05) is 18.7 Å². The molecule has 0 aromatic heterocycles. The molecule has 2 N–H and O–H groups in total. The molecule has 2 atom stereocenters. The molecule has 0 saturated carbocycles. The third-order valence-corrected chi connectivity index (χ3v) is 3.49. The summed E-state index contributed by atoms with van der Waals surface area (Å²) in [5, 5.41) is 13.3. The van der Waals surface area contributed by atoms with E-state index in [0.717, 1.165) is 24.5 Å². The number of aliphatic hydroxyl groups is 1. The van der Waals surface area contributed by atoms with Crippen LogP contribution in [0, 0.1) is 0 Å². The van der Waals surface area contributed by atoms with E-state index in [2.05, 4.69) is 12.2 Å². The van der Waals surface area contributed by atoms with Crippen molar-refractivity contribution in [3.05, 3.63) is 24.3 Å². The van der Waals surface area contributed by atoms with Crippen LogP contribution in [0.1, 0.15) is 13.3 Å². The quantitative estimate of drug-likeness (QED) is 0.786. The first kappa shape index (κ1) is 15.1. The van der Waals surface area contributed by atoms with Gasteiger partial charge in [-0.2, -0.15) is 0 Å². The molecule has 1 fully saturated rings. The summed E-state index contributed by atoms with van der Waals surface area (Å²) in [6.45, 7) is 4.34. The van der Waals surface area contributed by atoms with Gasteiger partial charge in [-0.3, -0.25) is 0 Å². The minimum Gasteiger partial charge on any atom is -0.497 e. The van der Waals surface area contributed by atoms with E-state index < -0.39 is 6.10 Å². The second-order valence-electron chi connectivity index (χ2n) is 5.38. The summed E-state index contributed by atoms with van der Waals surface area (Å²) < 4.78 is 16.0. The molecule has 1 aliphatic heterocycles. The molecule has 0 radical (unpaired) electrons. The van der Waals surface area contributed by atoms with Gasteiger partial charge in [0.15, 0.2) is 0 Å². The number of aliphatic hydroxyl groups excluding tert-OH is 1. The average Bonchev–Trinajstić information content (AvgIpc) is 2.91. The number of hydrogen-bond donors (Lipinski definition) is 2. The summed E-state index contributed by atoms with van der Waals surface area (Å²) >= 11 is 0. The number of rotatable bonds is 7. The zero-order valence-electron chi connectivity index (χ0n) is 12.1. The molecule has 0 amide bonds. The van der Waals surface area contributed by atoms with Crippen molar-refractivity contribution < 1.29 is 19.3 Å². The maximum Gasteiger partial charge on any atom is 0.119 e. The molecule has 5 heteroatoms. The lowest BCUT2D eigenvalue weighted by atomic mass is 10.0. The van der Waals surface area contributed by atoms with Gasteiger partial charge in [0.25, 0.3) is 0 Å². The lowest BCUT2D eigenvalue weighted by Gasteiger charge is -2.25. The fraction of sp³-hybridized carbons (Fsp3) is 0.600. The highest BCUT2D eigenvalue weighted by Crippen LogP contribution is 2.18. The van der Waals surface area contributed by atoms with Gasteiger partial charge >= 0.3 is 0 Å². The molecule has 0 spiro atoms. The first-order valence-electron chi connectivity index (χ1n) is 6.89. The summed E-state index contributed by atoms with van der Waals surface area (Å²) in [6, 6.07) is 7.31. The van der Waals surface area contributed by atoms with Gasteiger partial charge in [0.2, 0.25) is 0 Å². The molecular formula is C15H23NO4. The highest BCUT2D eigenvalue weighted by atomic mass is 16.5. The Morgan fingerprint density at radius 1 is 1.35 bits per heavy atom. The monoisotopic (exact) mass is 281 g/mol. The Morgan fingerprint density at radius 3 is 2.65 bits per heavy atom. The van der Waals surface area contributed by atoms with Crippen LogP contribution in [-0.4, -0.2) is 50.2 Å². The molecular weight excluding hydrogens is 258 g/mol. The summed E-state index contributed by atoms with van der Waals surface area (Å²) in [5.41, 5.74) is -0.0267. The molecule has 2 unspecified atom stereocenters. The van der Waals surface area contributed by atoms with Crippen molar-refractivity contribution in [3.8, 4) is 11.5 Å². The van der Waals surface area contributed by atoms with Crippen molar-refractivity contribution in [1.29, 1.82) is 0 Å². The van der Waals surface area contributed by atoms with Crippen LogP contribution in [0.15, 0.2) is 24.3 Å². The Hall–Kier alpha value is -1.30. The molecule has 1 aliphatic rings. The van der Waals surface area contributed by atoms with Crippen LogP contribution in [0.3, 0.4) is 0 Å². The van der Waals surface area contributed by atoms with E-state index in [0.29, 0.717) is 13.2 Å². The Balaban J connectivity index is 1.70.